The van der Waals surface area contributed by atoms with Crippen molar-refractivity contribution in [3.8, 4) is 33.4 Å². The van der Waals surface area contributed by atoms with Crippen molar-refractivity contribution in [1.82, 2.24) is 0 Å². The molecular weight excluding hydrogens is 585 g/mol. The molecule has 0 saturated heterocycles. The van der Waals surface area contributed by atoms with E-state index in [0.717, 1.165) is 10.8 Å². The standard InChI is InChI=1S/C46H34S/c1-46(2,3)40-23-11-22-39-44-38(21-12-24-41(44)47-45(39)40)43-36-19-8-6-17-34(36)42(35-18-7-9-20-37(35)43)33-16-10-15-31(28-33)32-26-25-29-13-4-5-14-30(29)27-32/h4-28H,1-3H3/i4D. The summed E-state index contributed by atoms with van der Waals surface area (Å²) >= 11 is 1.93. The highest BCUT2D eigenvalue weighted by Crippen LogP contribution is 2.49. The second kappa shape index (κ2) is 10.7. The predicted molar refractivity (Wildman–Crippen MR) is 207 cm³/mol. The third-order valence-electron chi connectivity index (χ3n) is 9.70. The molecule has 47 heavy (non-hydrogen) atoms. The molecule has 0 aliphatic heterocycles. The van der Waals surface area contributed by atoms with Gasteiger partial charge in [0.05, 0.1) is 1.37 Å². The number of thiophene rings is 1. The van der Waals surface area contributed by atoms with Crippen LogP contribution in [0.1, 0.15) is 27.7 Å². The minimum absolute atomic E-state index is 0.0639. The van der Waals surface area contributed by atoms with Crippen molar-refractivity contribution in [2.24, 2.45) is 0 Å². The van der Waals surface area contributed by atoms with Crippen molar-refractivity contribution < 1.29 is 1.37 Å². The van der Waals surface area contributed by atoms with Gasteiger partial charge in [0.25, 0.3) is 0 Å². The number of hydrogen-bond donors (Lipinski definition) is 0. The summed E-state index contributed by atoms with van der Waals surface area (Å²) in [5, 5.41) is 10.0. The molecule has 9 rings (SSSR count). The first kappa shape index (κ1) is 26.9. The minimum Gasteiger partial charge on any atom is -0.135 e. The Morgan fingerprint density at radius 1 is 0.489 bits per heavy atom. The monoisotopic (exact) mass is 619 g/mol. The minimum atomic E-state index is 0.0639. The van der Waals surface area contributed by atoms with Crippen LogP contribution in [0.25, 0.3) is 85.9 Å². The van der Waals surface area contributed by atoms with E-state index in [9.17, 15) is 0 Å². The summed E-state index contributed by atoms with van der Waals surface area (Å²) in [5.41, 5.74) is 8.91. The molecule has 0 bridgehead atoms. The molecule has 0 aliphatic carbocycles. The number of fused-ring (bicyclic) bond motifs is 6. The number of rotatable bonds is 3. The highest BCUT2D eigenvalue weighted by Gasteiger charge is 2.23. The van der Waals surface area contributed by atoms with Gasteiger partial charge in [-0.15, -0.1) is 11.3 Å². The zero-order valence-electron chi connectivity index (χ0n) is 27.8. The Hall–Kier alpha value is -5.24. The zero-order chi connectivity index (χ0) is 32.6. The maximum Gasteiger partial charge on any atom is 0.0623 e. The molecule has 0 atom stereocenters. The maximum atomic E-state index is 8.02. The molecule has 0 spiro atoms. The summed E-state index contributed by atoms with van der Waals surface area (Å²) in [5.74, 6) is 0. The number of benzene rings is 8. The van der Waals surface area contributed by atoms with Crippen molar-refractivity contribution in [3.63, 3.8) is 0 Å². The fourth-order valence-electron chi connectivity index (χ4n) is 7.54. The van der Waals surface area contributed by atoms with Crippen LogP contribution in [-0.4, -0.2) is 0 Å². The molecule has 0 aliphatic rings. The molecule has 8 aromatic carbocycles. The summed E-state index contributed by atoms with van der Waals surface area (Å²) in [6.07, 6.45) is 0. The van der Waals surface area contributed by atoms with Gasteiger partial charge in [0, 0.05) is 20.2 Å². The Morgan fingerprint density at radius 2 is 1.13 bits per heavy atom. The van der Waals surface area contributed by atoms with Crippen LogP contribution in [0.5, 0.6) is 0 Å². The average Bonchev–Trinajstić information content (AvgIpc) is 3.49. The molecule has 0 saturated carbocycles. The van der Waals surface area contributed by atoms with E-state index in [4.69, 9.17) is 1.37 Å². The first-order valence-corrected chi connectivity index (χ1v) is 17.2. The zero-order valence-corrected chi connectivity index (χ0v) is 27.6. The first-order chi connectivity index (χ1) is 23.3. The maximum absolute atomic E-state index is 8.02. The van der Waals surface area contributed by atoms with E-state index in [1.807, 2.05) is 29.5 Å². The normalized spacial score (nSPS) is 12.4. The van der Waals surface area contributed by atoms with Gasteiger partial charge in [-0.1, -0.05) is 154 Å². The molecule has 1 heterocycles. The van der Waals surface area contributed by atoms with E-state index >= 15 is 0 Å². The van der Waals surface area contributed by atoms with Crippen molar-refractivity contribution in [2.75, 3.05) is 0 Å². The molecule has 0 unspecified atom stereocenters. The Bertz CT molecular complexity index is 2670. The summed E-state index contributed by atoms with van der Waals surface area (Å²) in [6.45, 7) is 6.95. The summed E-state index contributed by atoms with van der Waals surface area (Å²) < 4.78 is 10.7. The molecular formula is C46H34S. The van der Waals surface area contributed by atoms with Crippen LogP contribution in [-0.2, 0) is 5.41 Å². The smallest absolute Gasteiger partial charge is 0.0623 e. The van der Waals surface area contributed by atoms with Crippen LogP contribution in [0.15, 0.2) is 152 Å². The van der Waals surface area contributed by atoms with Crippen LogP contribution in [0.2, 0.25) is 0 Å². The van der Waals surface area contributed by atoms with Gasteiger partial charge in [-0.25, -0.2) is 0 Å². The second-order valence-electron chi connectivity index (χ2n) is 13.6. The quantitative estimate of drug-likeness (QED) is 0.173. The highest BCUT2D eigenvalue weighted by molar-refractivity contribution is 7.26. The molecule has 0 amide bonds. The summed E-state index contributed by atoms with van der Waals surface area (Å²) in [6, 6.07) is 53.6. The third-order valence-corrected chi connectivity index (χ3v) is 10.9. The predicted octanol–water partition coefficient (Wildman–Crippen LogP) is 13.8. The number of hydrogen-bond acceptors (Lipinski definition) is 1. The summed E-state index contributed by atoms with van der Waals surface area (Å²) in [4.78, 5) is 0. The van der Waals surface area contributed by atoms with Crippen LogP contribution in [0.4, 0.5) is 0 Å². The van der Waals surface area contributed by atoms with Crippen LogP contribution < -0.4 is 0 Å². The molecule has 224 valence electrons. The molecule has 0 radical (unpaired) electrons. The van der Waals surface area contributed by atoms with Gasteiger partial charge in [-0.05, 0) is 94.9 Å². The molecule has 1 aromatic heterocycles. The topological polar surface area (TPSA) is 0 Å². The Balaban J connectivity index is 1.32. The van der Waals surface area contributed by atoms with Crippen molar-refractivity contribution in [2.45, 2.75) is 26.2 Å². The Morgan fingerprint density at radius 3 is 1.87 bits per heavy atom. The molecule has 0 N–H and O–H groups in total. The Labute approximate surface area is 281 Å². The lowest BCUT2D eigenvalue weighted by molar-refractivity contribution is 0.597. The molecule has 0 fully saturated rings. The lowest BCUT2D eigenvalue weighted by atomic mass is 9.83. The van der Waals surface area contributed by atoms with E-state index < -0.39 is 0 Å². The van der Waals surface area contributed by atoms with Gasteiger partial charge in [0.2, 0.25) is 0 Å². The lowest BCUT2D eigenvalue weighted by Gasteiger charge is -2.20. The van der Waals surface area contributed by atoms with Crippen LogP contribution in [0, 0.1) is 0 Å². The second-order valence-corrected chi connectivity index (χ2v) is 14.7. The van der Waals surface area contributed by atoms with Crippen molar-refractivity contribution in [1.29, 1.82) is 0 Å². The fraction of sp³-hybridized carbons (Fsp3) is 0.0870. The first-order valence-electron chi connectivity index (χ1n) is 16.8. The fourth-order valence-corrected chi connectivity index (χ4v) is 8.99. The van der Waals surface area contributed by atoms with E-state index in [-0.39, 0.29) is 5.41 Å². The van der Waals surface area contributed by atoms with E-state index in [0.29, 0.717) is 6.04 Å². The van der Waals surface area contributed by atoms with E-state index in [1.54, 1.807) is 0 Å². The van der Waals surface area contributed by atoms with E-state index in [2.05, 4.69) is 148 Å². The molecule has 1 heteroatoms. The molecule has 0 nitrogen and oxygen atoms in total. The lowest BCUT2D eigenvalue weighted by Crippen LogP contribution is -2.10. The largest absolute Gasteiger partial charge is 0.135 e. The highest BCUT2D eigenvalue weighted by atomic mass is 32.1. The van der Waals surface area contributed by atoms with Gasteiger partial charge < -0.3 is 0 Å². The SMILES string of the molecule is [2H]c1ccc2cc(-c3cccc(-c4c5ccccc5c(-c5cccc6sc7c(C(C)(C)C)cccc7c56)c5ccccc45)c3)ccc2c1. The third kappa shape index (κ3) is 4.49. The van der Waals surface area contributed by atoms with E-state index in [1.165, 1.54) is 80.7 Å². The van der Waals surface area contributed by atoms with Crippen LogP contribution >= 0.6 is 11.3 Å². The Kier molecular flexibility index (Phi) is 6.11. The van der Waals surface area contributed by atoms with Gasteiger partial charge in [-0.3, -0.25) is 0 Å². The summed E-state index contributed by atoms with van der Waals surface area (Å²) in [7, 11) is 0. The molecule has 9 aromatic rings. The van der Waals surface area contributed by atoms with Gasteiger partial charge in [0.15, 0.2) is 0 Å². The average molecular weight is 620 g/mol. The van der Waals surface area contributed by atoms with Crippen molar-refractivity contribution in [3.05, 3.63) is 157 Å². The van der Waals surface area contributed by atoms with Crippen molar-refractivity contribution >= 4 is 63.8 Å². The van der Waals surface area contributed by atoms with Gasteiger partial charge in [-0.2, -0.15) is 0 Å². The van der Waals surface area contributed by atoms with Gasteiger partial charge >= 0.3 is 0 Å². The van der Waals surface area contributed by atoms with Gasteiger partial charge in [0.1, 0.15) is 0 Å². The van der Waals surface area contributed by atoms with Crippen LogP contribution in [0.3, 0.4) is 0 Å².